The molecule has 0 amide bonds. The highest BCUT2D eigenvalue weighted by Crippen LogP contribution is 2.75. The topological polar surface area (TPSA) is 88.3 Å². The van der Waals surface area contributed by atoms with E-state index in [2.05, 4.69) is 227 Å². The van der Waals surface area contributed by atoms with Crippen LogP contribution in [-0.4, -0.2) is 296 Å². The average Bonchev–Trinajstić information content (AvgIpc) is 3.90. The molecule has 16 nitrogen and oxygen atoms in total. The van der Waals surface area contributed by atoms with Crippen molar-refractivity contribution in [1.29, 1.82) is 0 Å². The molecule has 0 N–H and O–H groups in total. The van der Waals surface area contributed by atoms with Crippen molar-refractivity contribution in [3.63, 3.8) is 0 Å². The Bertz CT molecular complexity index is 1380. The van der Waals surface area contributed by atoms with Crippen LogP contribution in [0.25, 0.3) is 0 Å². The van der Waals surface area contributed by atoms with E-state index in [1.165, 1.54) is 21.8 Å². The molecule has 4 fully saturated rings. The Labute approximate surface area is 391 Å². The maximum atomic E-state index is 6.46. The molecule has 4 aliphatic rings. The second-order valence-corrected chi connectivity index (χ2v) is 31.3. The Balaban J connectivity index is 0.0000102. The number of rotatable bonds is 16. The molecule has 4 atom stereocenters. The lowest BCUT2D eigenvalue weighted by atomic mass is 10.1. The van der Waals surface area contributed by atoms with Crippen LogP contribution >= 0.6 is 40.2 Å². The van der Waals surface area contributed by atoms with Crippen LogP contribution in [0, 0.1) is 0 Å². The van der Waals surface area contributed by atoms with Gasteiger partial charge in [-0.2, -0.15) is 0 Å². The zero-order valence-corrected chi connectivity index (χ0v) is 48.7. The van der Waals surface area contributed by atoms with Gasteiger partial charge in [0.1, 0.15) is 44.5 Å². The molecule has 0 bridgehead atoms. The highest BCUT2D eigenvalue weighted by Gasteiger charge is 2.63. The Hall–Kier alpha value is 0.640. The monoisotopic (exact) mass is 983 g/mol. The van der Waals surface area contributed by atoms with Crippen LogP contribution in [0.2, 0.25) is 0 Å². The zero-order chi connectivity index (χ0) is 46.5. The van der Waals surface area contributed by atoms with Gasteiger partial charge >= 0.3 is 7.87 Å². The molecule has 0 spiro atoms. The van der Waals surface area contributed by atoms with Gasteiger partial charge in [-0.25, -0.2) is 0 Å². The van der Waals surface area contributed by atoms with Gasteiger partial charge in [-0.3, -0.25) is 57.9 Å². The number of halogens is 1. The molecule has 4 heterocycles. The van der Waals surface area contributed by atoms with Gasteiger partial charge in [0.15, 0.2) is 0 Å². The SMILES string of the molecule is CN(C)P1CCC(N(C)C)(N(C)C)/C1=N/[P+](/N=C1\P(N(C)C)CCC1(N(C)C)N(C)C)(/N=C1\P(N(C)C)CCC1(N(C)C)N(C)C)/N=C1\P(N(C)C)CCC1(N(C)C)N(C)C.[Cl-]. The van der Waals surface area contributed by atoms with Crippen molar-refractivity contribution in [3.8, 4) is 0 Å². The van der Waals surface area contributed by atoms with Gasteiger partial charge in [-0.1, -0.05) is 19.1 Å². The van der Waals surface area contributed by atoms with Gasteiger partial charge in [0.2, 0.25) is 0 Å². The van der Waals surface area contributed by atoms with Crippen molar-refractivity contribution in [2.24, 2.45) is 19.1 Å². The first-order chi connectivity index (χ1) is 28.1. The molecular weight excluding hydrogens is 895 g/mol. The van der Waals surface area contributed by atoms with Crippen molar-refractivity contribution in [1.82, 2.24) is 57.9 Å². The maximum absolute atomic E-state index is 6.46. The Morgan fingerprint density at radius 3 is 0.565 bits per heavy atom. The Morgan fingerprint density at radius 1 is 0.306 bits per heavy atom. The van der Waals surface area contributed by atoms with Gasteiger partial charge in [0.25, 0.3) is 0 Å². The van der Waals surface area contributed by atoms with Crippen molar-refractivity contribution >= 4 is 62.0 Å². The average molecular weight is 984 g/mol. The molecule has 0 aliphatic carbocycles. The lowest BCUT2D eigenvalue weighted by Crippen LogP contribution is -3.00. The van der Waals surface area contributed by atoms with Gasteiger partial charge in [-0.05, 0) is 219 Å². The predicted molar refractivity (Wildman–Crippen MR) is 277 cm³/mol. The van der Waals surface area contributed by atoms with E-state index in [0.29, 0.717) is 0 Å². The minimum absolute atomic E-state index is 0. The molecule has 0 aromatic carbocycles. The Kier molecular flexibility index (Phi) is 19.8. The van der Waals surface area contributed by atoms with Crippen LogP contribution in [-0.2, 0) is 0 Å². The van der Waals surface area contributed by atoms with Gasteiger partial charge in [0.05, 0.1) is 0 Å². The summed E-state index contributed by atoms with van der Waals surface area (Å²) >= 11 is 0. The van der Waals surface area contributed by atoms with Crippen LogP contribution < -0.4 is 12.4 Å². The summed E-state index contributed by atoms with van der Waals surface area (Å²) in [6.07, 6.45) is 8.04. The van der Waals surface area contributed by atoms with Crippen LogP contribution in [0.1, 0.15) is 25.7 Å². The summed E-state index contributed by atoms with van der Waals surface area (Å²) in [6.45, 7) is 0. The molecule has 22 heteroatoms. The summed E-state index contributed by atoms with van der Waals surface area (Å²) in [5.41, 5.74) is 2.98. The van der Waals surface area contributed by atoms with Crippen molar-refractivity contribution < 1.29 is 12.4 Å². The van der Waals surface area contributed by atoms with Crippen LogP contribution in [0.4, 0.5) is 0 Å². The summed E-state index contributed by atoms with van der Waals surface area (Å²) < 4.78 is 35.6. The standard InChI is InChI=1S/C40H88N16P5.ClH/c1-45(2)37(46(3)4)25-29-57(53(17)18)33(37)41-61(42-34-38(47(5)6,48(7)8)26-30-58(34)54(19)20,43-35-39(49(9)10,50(11)12)27-31-59(35)55(21)22)44-36-40(51(13)14,52(15)16)28-32-60(36)56(23)24;/h25-32H2,1-24H3;1H/q+1;/p-1/b41-33-,42-34-,43-35-,44-36-;. The van der Waals surface area contributed by atoms with E-state index < -0.39 is 62.8 Å². The molecule has 0 radical (unpaired) electrons. The molecule has 4 rings (SSSR count). The molecule has 0 aromatic rings. The summed E-state index contributed by atoms with van der Waals surface area (Å²) in [4.78, 5) is 19.3. The third kappa shape index (κ3) is 9.76. The van der Waals surface area contributed by atoms with Crippen LogP contribution in [0.3, 0.4) is 0 Å². The fourth-order valence-electron chi connectivity index (χ4n) is 10.5. The molecule has 0 aromatic heterocycles. The molecule has 360 valence electrons. The Morgan fingerprint density at radius 2 is 0.452 bits per heavy atom. The molecule has 62 heavy (non-hydrogen) atoms. The normalized spacial score (nSPS) is 29.9. The van der Waals surface area contributed by atoms with E-state index >= 15 is 0 Å². The molecule has 4 aliphatic heterocycles. The predicted octanol–water partition coefficient (Wildman–Crippen LogP) is 1.99. The fourth-order valence-corrected chi connectivity index (χ4v) is 25.2. The third-order valence-electron chi connectivity index (χ3n) is 13.9. The maximum Gasteiger partial charge on any atom is 0.495 e. The largest absolute Gasteiger partial charge is 1.00 e. The first-order valence-corrected chi connectivity index (χ1v) is 29.1. The van der Waals surface area contributed by atoms with E-state index in [9.17, 15) is 0 Å². The van der Waals surface area contributed by atoms with Crippen molar-refractivity contribution in [3.05, 3.63) is 0 Å². The van der Waals surface area contributed by atoms with Gasteiger partial charge in [0, 0.05) is 32.3 Å². The fraction of sp³-hybridized carbons (Fsp3) is 0.900. The van der Waals surface area contributed by atoms with Crippen LogP contribution in [0.5, 0.6) is 0 Å². The lowest BCUT2D eigenvalue weighted by molar-refractivity contribution is -0.0000138. The van der Waals surface area contributed by atoms with Gasteiger partial charge in [-0.15, -0.1) is 0 Å². The smallest absolute Gasteiger partial charge is 0.495 e. The number of hydrogen-bond acceptors (Lipinski definition) is 16. The highest BCUT2D eigenvalue weighted by molar-refractivity contribution is 7.82. The lowest BCUT2D eigenvalue weighted by Gasteiger charge is -2.44. The van der Waals surface area contributed by atoms with Crippen molar-refractivity contribution in [2.45, 2.75) is 48.3 Å². The molecule has 4 saturated heterocycles. The second kappa shape index (κ2) is 21.5. The minimum atomic E-state index is -3.54. The summed E-state index contributed by atoms with van der Waals surface area (Å²) in [6, 6.07) is 0. The van der Waals surface area contributed by atoms with E-state index in [0.717, 1.165) is 50.3 Å². The first-order valence-electron chi connectivity index (χ1n) is 21.6. The van der Waals surface area contributed by atoms with E-state index in [4.69, 9.17) is 19.1 Å². The first kappa shape index (κ1) is 57.0. The third-order valence-corrected chi connectivity index (χ3v) is 26.6. The number of hydrogen-bond donors (Lipinski definition) is 0. The number of nitrogens with zero attached hydrogens (tertiary/aromatic N) is 16. The second-order valence-electron chi connectivity index (χ2n) is 19.5. The van der Waals surface area contributed by atoms with Crippen molar-refractivity contribution in [2.75, 3.05) is 194 Å². The highest BCUT2D eigenvalue weighted by atomic mass is 35.5. The summed E-state index contributed by atoms with van der Waals surface area (Å²) in [5.74, 6) is 0. The summed E-state index contributed by atoms with van der Waals surface area (Å²) in [5, 5.41) is 0. The van der Waals surface area contributed by atoms with E-state index in [-0.39, 0.29) is 12.4 Å². The quantitative estimate of drug-likeness (QED) is 0.168. The summed E-state index contributed by atoms with van der Waals surface area (Å²) in [7, 11) is 46.9. The van der Waals surface area contributed by atoms with Crippen LogP contribution in [0.15, 0.2) is 19.1 Å². The minimum Gasteiger partial charge on any atom is -1.00 e. The van der Waals surface area contributed by atoms with Gasteiger partial charge < -0.3 is 12.4 Å². The zero-order valence-electron chi connectivity index (χ0n) is 43.4. The molecule has 0 saturated carbocycles. The molecule has 4 unspecified atom stereocenters. The van der Waals surface area contributed by atoms with E-state index in [1.807, 2.05) is 0 Å². The van der Waals surface area contributed by atoms with E-state index in [1.54, 1.807) is 0 Å². The molecular formula is C40H88ClN16P5.